The van der Waals surface area contributed by atoms with Gasteiger partial charge in [-0.1, -0.05) is 18.7 Å². The molecule has 0 aliphatic carbocycles. The molecule has 0 radical (unpaired) electrons. The lowest BCUT2D eigenvalue weighted by Crippen LogP contribution is -2.25. The topological polar surface area (TPSA) is 46.9 Å². The number of hydrogen-bond acceptors (Lipinski definition) is 2. The summed E-state index contributed by atoms with van der Waals surface area (Å²) >= 11 is 0. The first-order chi connectivity index (χ1) is 9.01. The number of carbonyl (C=O) groups is 1. The molecule has 0 bridgehead atoms. The van der Waals surface area contributed by atoms with Crippen molar-refractivity contribution in [3.05, 3.63) is 54.7 Å². The Morgan fingerprint density at radius 3 is 2.63 bits per heavy atom. The van der Waals surface area contributed by atoms with Crippen LogP contribution < -0.4 is 5.32 Å². The van der Waals surface area contributed by atoms with Gasteiger partial charge in [-0.25, -0.2) is 4.98 Å². The van der Waals surface area contributed by atoms with Crippen molar-refractivity contribution in [2.45, 2.75) is 33.4 Å². The summed E-state index contributed by atoms with van der Waals surface area (Å²) in [5.74, 6) is 0.794. The van der Waals surface area contributed by atoms with E-state index < -0.39 is 0 Å². The lowest BCUT2D eigenvalue weighted by Gasteiger charge is -2.10. The zero-order valence-electron chi connectivity index (χ0n) is 11.7. The van der Waals surface area contributed by atoms with Gasteiger partial charge in [-0.05, 0) is 13.8 Å². The summed E-state index contributed by atoms with van der Waals surface area (Å²) in [6.07, 6.45) is 4.33. The van der Waals surface area contributed by atoms with E-state index in [4.69, 9.17) is 0 Å². The molecule has 1 rings (SSSR count). The van der Waals surface area contributed by atoms with Crippen LogP contribution >= 0.6 is 0 Å². The van der Waals surface area contributed by atoms with E-state index >= 15 is 0 Å². The number of carbonyl (C=O) groups excluding carboxylic acids is 1. The fourth-order valence-corrected chi connectivity index (χ4v) is 1.84. The molecule has 1 N–H and O–H groups in total. The standard InChI is InChI=1S/C15H21N3O/c1-6-8-14-17-12(5)13(18(14)9-7-2)10-16-15(19)11(3)4/h6-7H,1-3,8-10H2,4-5H3,(H,16,19). The summed E-state index contributed by atoms with van der Waals surface area (Å²) in [6, 6.07) is 0. The van der Waals surface area contributed by atoms with E-state index in [2.05, 4.69) is 34.6 Å². The molecule has 1 amide bonds. The van der Waals surface area contributed by atoms with Crippen molar-refractivity contribution in [2.75, 3.05) is 0 Å². The van der Waals surface area contributed by atoms with Gasteiger partial charge in [0, 0.05) is 18.5 Å². The molecule has 0 aromatic carbocycles. The van der Waals surface area contributed by atoms with Crippen molar-refractivity contribution in [1.29, 1.82) is 0 Å². The highest BCUT2D eigenvalue weighted by Gasteiger charge is 2.13. The van der Waals surface area contributed by atoms with Gasteiger partial charge in [0.05, 0.1) is 17.9 Å². The van der Waals surface area contributed by atoms with Crippen LogP contribution in [0.15, 0.2) is 37.5 Å². The maximum atomic E-state index is 11.6. The summed E-state index contributed by atoms with van der Waals surface area (Å²) in [4.78, 5) is 16.1. The van der Waals surface area contributed by atoms with Gasteiger partial charge >= 0.3 is 0 Å². The quantitative estimate of drug-likeness (QED) is 0.603. The van der Waals surface area contributed by atoms with Crippen molar-refractivity contribution >= 4 is 5.91 Å². The molecule has 0 aliphatic rings. The summed E-state index contributed by atoms with van der Waals surface area (Å²) < 4.78 is 2.06. The number of allylic oxidation sites excluding steroid dienone is 2. The largest absolute Gasteiger partial charge is 0.347 e. The minimum Gasteiger partial charge on any atom is -0.347 e. The number of rotatable bonds is 7. The zero-order valence-corrected chi connectivity index (χ0v) is 11.7. The molecule has 4 heteroatoms. The van der Waals surface area contributed by atoms with Crippen molar-refractivity contribution in [1.82, 2.24) is 14.9 Å². The average molecular weight is 259 g/mol. The fourth-order valence-electron chi connectivity index (χ4n) is 1.84. The Bertz CT molecular complexity index is 512. The monoisotopic (exact) mass is 259 g/mol. The Morgan fingerprint density at radius 2 is 2.11 bits per heavy atom. The predicted octanol–water partition coefficient (Wildman–Crippen LogP) is 2.30. The third kappa shape index (κ3) is 3.68. The van der Waals surface area contributed by atoms with E-state index in [-0.39, 0.29) is 5.91 Å². The molecule has 1 aromatic rings. The number of hydrogen-bond donors (Lipinski definition) is 1. The molecule has 0 fully saturated rings. The molecular weight excluding hydrogens is 238 g/mol. The second-order valence-corrected chi connectivity index (χ2v) is 4.42. The summed E-state index contributed by atoms with van der Waals surface area (Å²) in [7, 11) is 0. The van der Waals surface area contributed by atoms with E-state index in [0.29, 0.717) is 25.1 Å². The highest BCUT2D eigenvalue weighted by atomic mass is 16.1. The number of nitrogens with zero attached hydrogens (tertiary/aromatic N) is 2. The molecule has 1 aromatic heterocycles. The number of imidazole rings is 1. The van der Waals surface area contributed by atoms with Crippen LogP contribution in [-0.4, -0.2) is 15.5 Å². The van der Waals surface area contributed by atoms with E-state index in [0.717, 1.165) is 17.2 Å². The first-order valence-corrected chi connectivity index (χ1v) is 6.21. The van der Waals surface area contributed by atoms with Crippen LogP contribution in [0.5, 0.6) is 0 Å². The first-order valence-electron chi connectivity index (χ1n) is 6.21. The Labute approximate surface area is 114 Å². The summed E-state index contributed by atoms with van der Waals surface area (Å²) in [5.41, 5.74) is 2.41. The Hall–Kier alpha value is -2.10. The van der Waals surface area contributed by atoms with Crippen molar-refractivity contribution in [3.8, 4) is 0 Å². The minimum absolute atomic E-state index is 0.143. The van der Waals surface area contributed by atoms with Crippen molar-refractivity contribution in [3.63, 3.8) is 0 Å². The van der Waals surface area contributed by atoms with Gasteiger partial charge in [-0.2, -0.15) is 0 Å². The molecule has 0 saturated carbocycles. The van der Waals surface area contributed by atoms with Gasteiger partial charge < -0.3 is 9.88 Å². The normalized spacial score (nSPS) is 10.0. The second-order valence-electron chi connectivity index (χ2n) is 4.42. The smallest absolute Gasteiger partial charge is 0.246 e. The molecule has 0 saturated heterocycles. The first kappa shape index (κ1) is 15.0. The van der Waals surface area contributed by atoms with Crippen LogP contribution in [0.2, 0.25) is 0 Å². The Kier molecular flexibility index (Phi) is 5.30. The average Bonchev–Trinajstić information content (AvgIpc) is 2.64. The van der Waals surface area contributed by atoms with Crippen molar-refractivity contribution < 1.29 is 4.79 Å². The SMILES string of the molecule is C=CCc1nc(C)c(CNC(=O)C(=C)C)n1CC=C. The van der Waals surface area contributed by atoms with Crippen LogP contribution in [0.25, 0.3) is 0 Å². The Balaban J connectivity index is 2.97. The lowest BCUT2D eigenvalue weighted by molar-refractivity contribution is -0.117. The molecule has 19 heavy (non-hydrogen) atoms. The highest BCUT2D eigenvalue weighted by Crippen LogP contribution is 2.13. The number of aromatic nitrogens is 2. The number of nitrogens with one attached hydrogen (secondary N) is 1. The molecule has 4 nitrogen and oxygen atoms in total. The molecular formula is C15H21N3O. The van der Waals surface area contributed by atoms with E-state index in [1.807, 2.05) is 19.1 Å². The van der Waals surface area contributed by atoms with Crippen molar-refractivity contribution in [2.24, 2.45) is 0 Å². The lowest BCUT2D eigenvalue weighted by atomic mass is 10.3. The zero-order chi connectivity index (χ0) is 14.4. The molecule has 0 aliphatic heterocycles. The van der Waals surface area contributed by atoms with Crippen LogP contribution in [0.3, 0.4) is 0 Å². The van der Waals surface area contributed by atoms with Gasteiger partial charge in [-0.15, -0.1) is 13.2 Å². The maximum Gasteiger partial charge on any atom is 0.246 e. The van der Waals surface area contributed by atoms with E-state index in [1.54, 1.807) is 6.92 Å². The predicted molar refractivity (Wildman–Crippen MR) is 77.7 cm³/mol. The fraction of sp³-hybridized carbons (Fsp3) is 0.333. The third-order valence-corrected chi connectivity index (χ3v) is 2.79. The van der Waals surface area contributed by atoms with Gasteiger partial charge in [0.15, 0.2) is 0 Å². The highest BCUT2D eigenvalue weighted by molar-refractivity contribution is 5.91. The Morgan fingerprint density at radius 1 is 1.42 bits per heavy atom. The molecule has 102 valence electrons. The number of aryl methyl sites for hydroxylation is 1. The van der Waals surface area contributed by atoms with Crippen LogP contribution in [0.1, 0.15) is 24.1 Å². The summed E-state index contributed by atoms with van der Waals surface area (Å²) in [6.45, 7) is 15.8. The molecule has 0 spiro atoms. The van der Waals surface area contributed by atoms with Gasteiger partial charge in [0.2, 0.25) is 5.91 Å². The van der Waals surface area contributed by atoms with Gasteiger partial charge in [0.1, 0.15) is 5.82 Å². The van der Waals surface area contributed by atoms with Gasteiger partial charge in [-0.3, -0.25) is 4.79 Å². The van der Waals surface area contributed by atoms with E-state index in [9.17, 15) is 4.79 Å². The molecule has 0 unspecified atom stereocenters. The molecule has 1 heterocycles. The van der Waals surface area contributed by atoms with E-state index in [1.165, 1.54) is 0 Å². The number of amides is 1. The second kappa shape index (κ2) is 6.73. The van der Waals surface area contributed by atoms with Crippen LogP contribution in [0, 0.1) is 6.92 Å². The van der Waals surface area contributed by atoms with Crippen LogP contribution in [0.4, 0.5) is 0 Å². The minimum atomic E-state index is -0.143. The van der Waals surface area contributed by atoms with Gasteiger partial charge in [0.25, 0.3) is 0 Å². The summed E-state index contributed by atoms with van der Waals surface area (Å²) in [5, 5.41) is 2.83. The van der Waals surface area contributed by atoms with Crippen LogP contribution in [-0.2, 0) is 24.3 Å². The maximum absolute atomic E-state index is 11.6. The molecule has 0 atom stereocenters. The third-order valence-electron chi connectivity index (χ3n) is 2.79.